The number of thioether (sulfide) groups is 1. The number of carbonyl (C=O) groups excluding carboxylic acids is 3. The Hall–Kier alpha value is -2.42. The number of carbonyl (C=O) groups is 3. The molecule has 1 aromatic carbocycles. The molecule has 1 aromatic rings. The molecule has 0 radical (unpaired) electrons. The zero-order chi connectivity index (χ0) is 27.7. The number of phenols is 2. The number of esters is 1. The van der Waals surface area contributed by atoms with Gasteiger partial charge in [-0.15, -0.1) is 0 Å². The van der Waals surface area contributed by atoms with Gasteiger partial charge in [0.1, 0.15) is 18.2 Å². The summed E-state index contributed by atoms with van der Waals surface area (Å²) >= 11 is 1.60. The van der Waals surface area contributed by atoms with Crippen LogP contribution in [0.15, 0.2) is 18.2 Å². The highest BCUT2D eigenvalue weighted by atomic mass is 32.2. The number of rotatable bonds is 10. The van der Waals surface area contributed by atoms with Crippen molar-refractivity contribution >= 4 is 29.5 Å². The fraction of sp³-hybridized carbons (Fsp3) is 0.690. The molecule has 8 nitrogen and oxygen atoms in total. The Labute approximate surface area is 229 Å². The Kier molecular flexibility index (Phi) is 8.55. The molecule has 210 valence electrons. The minimum absolute atomic E-state index is 0.0378. The van der Waals surface area contributed by atoms with Gasteiger partial charge in [-0.1, -0.05) is 26.8 Å². The summed E-state index contributed by atoms with van der Waals surface area (Å²) in [7, 11) is 0. The van der Waals surface area contributed by atoms with Crippen molar-refractivity contribution in [2.45, 2.75) is 90.3 Å². The molecule has 1 saturated heterocycles. The summed E-state index contributed by atoms with van der Waals surface area (Å²) in [5.41, 5.74) is 0.807. The number of nitrogens with zero attached hydrogens (tertiary/aromatic N) is 1. The van der Waals surface area contributed by atoms with Crippen molar-refractivity contribution in [2.75, 3.05) is 18.6 Å². The number of aryl methyl sites for hydroxylation is 1. The monoisotopic (exact) mass is 546 g/mol. The lowest BCUT2D eigenvalue weighted by atomic mass is 9.70. The summed E-state index contributed by atoms with van der Waals surface area (Å²) in [4.78, 5) is 41.4. The average Bonchev–Trinajstić information content (AvgIpc) is 3.50. The summed E-state index contributed by atoms with van der Waals surface area (Å²) < 4.78 is 6.13. The fourth-order valence-corrected chi connectivity index (χ4v) is 7.22. The van der Waals surface area contributed by atoms with Crippen LogP contribution in [0.3, 0.4) is 0 Å². The van der Waals surface area contributed by atoms with E-state index in [-0.39, 0.29) is 52.6 Å². The molecule has 38 heavy (non-hydrogen) atoms. The smallest absolute Gasteiger partial charge is 0.329 e. The Morgan fingerprint density at radius 1 is 1.18 bits per heavy atom. The second kappa shape index (κ2) is 11.4. The number of phenolic OH excluding ortho intramolecular Hbond substituents is 2. The van der Waals surface area contributed by atoms with Gasteiger partial charge in [0.25, 0.3) is 0 Å². The summed E-state index contributed by atoms with van der Waals surface area (Å²) in [6.07, 6.45) is 7.24. The van der Waals surface area contributed by atoms with E-state index >= 15 is 0 Å². The molecule has 3 unspecified atom stereocenters. The van der Waals surface area contributed by atoms with Crippen LogP contribution in [0, 0.1) is 16.7 Å². The van der Waals surface area contributed by atoms with E-state index in [0.717, 1.165) is 19.3 Å². The quantitative estimate of drug-likeness (QED) is 0.300. The van der Waals surface area contributed by atoms with Gasteiger partial charge in [-0.2, -0.15) is 11.8 Å². The summed E-state index contributed by atoms with van der Waals surface area (Å²) in [6.45, 7) is 7.29. The number of hydrogen-bond acceptors (Lipinski definition) is 7. The number of amides is 2. The largest absolute Gasteiger partial charge is 0.504 e. The first-order valence-corrected chi connectivity index (χ1v) is 15.2. The molecule has 9 heteroatoms. The second-order valence-electron chi connectivity index (χ2n) is 12.0. The lowest BCUT2D eigenvalue weighted by Crippen LogP contribution is -2.53. The minimum Gasteiger partial charge on any atom is -0.504 e. The lowest BCUT2D eigenvalue weighted by Gasteiger charge is -2.39. The van der Waals surface area contributed by atoms with Crippen LogP contribution in [-0.2, 0) is 25.5 Å². The highest BCUT2D eigenvalue weighted by Crippen LogP contribution is 2.66. The van der Waals surface area contributed by atoms with Gasteiger partial charge in [0.15, 0.2) is 11.5 Å². The highest BCUT2D eigenvalue weighted by molar-refractivity contribution is 7.98. The van der Waals surface area contributed by atoms with Gasteiger partial charge in [0, 0.05) is 18.4 Å². The number of hydrogen-bond donors (Lipinski definition) is 3. The van der Waals surface area contributed by atoms with E-state index in [4.69, 9.17) is 4.74 Å². The van der Waals surface area contributed by atoms with E-state index in [1.54, 1.807) is 22.7 Å². The third kappa shape index (κ3) is 5.49. The molecule has 2 amide bonds. The molecular formula is C29H42N2O6S. The Morgan fingerprint density at radius 3 is 2.58 bits per heavy atom. The van der Waals surface area contributed by atoms with E-state index in [1.807, 2.05) is 6.26 Å². The maximum atomic E-state index is 13.6. The lowest BCUT2D eigenvalue weighted by molar-refractivity contribution is -0.165. The van der Waals surface area contributed by atoms with E-state index in [1.165, 1.54) is 18.6 Å². The van der Waals surface area contributed by atoms with Gasteiger partial charge in [-0.05, 0) is 86.0 Å². The van der Waals surface area contributed by atoms with Crippen molar-refractivity contribution in [3.8, 4) is 11.5 Å². The van der Waals surface area contributed by atoms with Crippen LogP contribution in [0.4, 0.5) is 0 Å². The van der Waals surface area contributed by atoms with E-state index in [9.17, 15) is 24.6 Å². The van der Waals surface area contributed by atoms with Crippen LogP contribution >= 0.6 is 11.8 Å². The van der Waals surface area contributed by atoms with Crippen LogP contribution in [-0.4, -0.2) is 69.6 Å². The number of aromatic hydroxyl groups is 2. The molecule has 5 atom stereocenters. The Bertz CT molecular complexity index is 1060. The minimum atomic E-state index is -0.712. The van der Waals surface area contributed by atoms with E-state index in [2.05, 4.69) is 26.1 Å². The third-order valence-electron chi connectivity index (χ3n) is 9.70. The third-order valence-corrected chi connectivity index (χ3v) is 10.3. The normalized spacial score (nSPS) is 28.3. The average molecular weight is 547 g/mol. The standard InChI is InChI=1S/C29H42N2O6S/c1-28(2)19-11-13-29(28,3)24(17-19)37-27(36)21-6-5-14-31(21)26(35)20(12-15-38-4)30-25(34)10-8-18-7-9-22(32)23(33)16-18/h7,9,16,19-21,24,32-33H,5-6,8,10-15,17H2,1-4H3,(H,30,34)/t19?,20-,21-,24?,29?/m0/s1. The Morgan fingerprint density at radius 2 is 1.95 bits per heavy atom. The number of benzene rings is 1. The molecule has 0 spiro atoms. The fourth-order valence-electron chi connectivity index (χ4n) is 6.74. The first-order chi connectivity index (χ1) is 18.0. The predicted molar refractivity (Wildman–Crippen MR) is 147 cm³/mol. The zero-order valence-electron chi connectivity index (χ0n) is 23.0. The molecule has 2 bridgehead atoms. The second-order valence-corrected chi connectivity index (χ2v) is 12.9. The van der Waals surface area contributed by atoms with Crippen molar-refractivity contribution < 1.29 is 29.3 Å². The van der Waals surface area contributed by atoms with Gasteiger partial charge in [0.2, 0.25) is 11.8 Å². The molecule has 1 aliphatic heterocycles. The van der Waals surface area contributed by atoms with Gasteiger partial charge < -0.3 is 25.2 Å². The highest BCUT2D eigenvalue weighted by Gasteiger charge is 2.63. The van der Waals surface area contributed by atoms with Crippen molar-refractivity contribution in [1.29, 1.82) is 0 Å². The molecule has 2 aliphatic carbocycles. The van der Waals surface area contributed by atoms with Crippen molar-refractivity contribution in [1.82, 2.24) is 10.2 Å². The maximum Gasteiger partial charge on any atom is 0.329 e. The van der Waals surface area contributed by atoms with Crippen LogP contribution in [0.2, 0.25) is 0 Å². The SMILES string of the molecule is CSCC[C@H](NC(=O)CCc1ccc(O)c(O)c1)C(=O)N1CCC[C@H]1C(=O)OC1CC2CCC1(C)C2(C)C. The molecule has 4 rings (SSSR count). The van der Waals surface area contributed by atoms with Crippen molar-refractivity contribution in [3.63, 3.8) is 0 Å². The van der Waals surface area contributed by atoms with Gasteiger partial charge in [-0.3, -0.25) is 9.59 Å². The first-order valence-electron chi connectivity index (χ1n) is 13.8. The zero-order valence-corrected chi connectivity index (χ0v) is 23.8. The molecule has 2 saturated carbocycles. The Balaban J connectivity index is 1.37. The molecule has 3 aliphatic rings. The summed E-state index contributed by atoms with van der Waals surface area (Å²) in [5, 5.41) is 22.1. The number of ether oxygens (including phenoxy) is 1. The molecule has 1 heterocycles. The topological polar surface area (TPSA) is 116 Å². The number of nitrogens with one attached hydrogen (secondary N) is 1. The first kappa shape index (κ1) is 28.6. The number of fused-ring (bicyclic) bond motifs is 2. The maximum absolute atomic E-state index is 13.6. The van der Waals surface area contributed by atoms with E-state index in [0.29, 0.717) is 43.0 Å². The van der Waals surface area contributed by atoms with Crippen LogP contribution in [0.25, 0.3) is 0 Å². The summed E-state index contributed by atoms with van der Waals surface area (Å²) in [5.74, 6) is 0.00296. The van der Waals surface area contributed by atoms with Crippen LogP contribution in [0.5, 0.6) is 11.5 Å². The van der Waals surface area contributed by atoms with Crippen LogP contribution < -0.4 is 5.32 Å². The molecule has 3 N–H and O–H groups in total. The van der Waals surface area contributed by atoms with E-state index < -0.39 is 12.1 Å². The van der Waals surface area contributed by atoms with Gasteiger partial charge >= 0.3 is 5.97 Å². The molecule has 0 aromatic heterocycles. The summed E-state index contributed by atoms with van der Waals surface area (Å²) in [6, 6.07) is 3.14. The number of likely N-dealkylation sites (tertiary alicyclic amines) is 1. The predicted octanol–water partition coefficient (Wildman–Crippen LogP) is 4.02. The van der Waals surface area contributed by atoms with Crippen molar-refractivity contribution in [2.24, 2.45) is 16.7 Å². The van der Waals surface area contributed by atoms with Gasteiger partial charge in [-0.25, -0.2) is 4.79 Å². The molecular weight excluding hydrogens is 504 g/mol. The van der Waals surface area contributed by atoms with Gasteiger partial charge in [0.05, 0.1) is 0 Å². The van der Waals surface area contributed by atoms with Crippen LogP contribution in [0.1, 0.15) is 71.3 Å². The van der Waals surface area contributed by atoms with Crippen molar-refractivity contribution in [3.05, 3.63) is 23.8 Å². The molecule has 3 fully saturated rings.